The largest absolute Gasteiger partial charge is 0.314 e. The fourth-order valence-electron chi connectivity index (χ4n) is 2.82. The number of rotatable bonds is 2. The number of nitrogens with one attached hydrogen (secondary N) is 1. The van der Waals surface area contributed by atoms with Gasteiger partial charge in [0.25, 0.3) is 0 Å². The summed E-state index contributed by atoms with van der Waals surface area (Å²) in [5.41, 5.74) is 1.41. The number of hydrogen-bond acceptors (Lipinski definition) is 3. The van der Waals surface area contributed by atoms with Crippen molar-refractivity contribution in [1.82, 2.24) is 10.3 Å². The van der Waals surface area contributed by atoms with Gasteiger partial charge in [-0.3, -0.25) is 0 Å². The third kappa shape index (κ3) is 2.16. The van der Waals surface area contributed by atoms with Crippen molar-refractivity contribution in [1.29, 1.82) is 0 Å². The number of fused-ring (bicyclic) bond motifs is 1. The van der Waals surface area contributed by atoms with Crippen LogP contribution in [-0.4, -0.2) is 17.6 Å². The molecule has 1 N–H and O–H groups in total. The summed E-state index contributed by atoms with van der Waals surface area (Å²) in [6, 6.07) is 0.699. The first-order valence-electron chi connectivity index (χ1n) is 6.52. The van der Waals surface area contributed by atoms with Crippen LogP contribution in [0.25, 0.3) is 0 Å². The van der Waals surface area contributed by atoms with Gasteiger partial charge >= 0.3 is 0 Å². The van der Waals surface area contributed by atoms with E-state index in [1.807, 2.05) is 11.3 Å². The Kier molecular flexibility index (Phi) is 2.99. The van der Waals surface area contributed by atoms with Gasteiger partial charge in [-0.2, -0.15) is 0 Å². The molecule has 88 valence electrons. The van der Waals surface area contributed by atoms with Gasteiger partial charge in [-0.05, 0) is 44.6 Å². The van der Waals surface area contributed by atoms with E-state index in [-0.39, 0.29) is 0 Å². The highest BCUT2D eigenvalue weighted by molar-refractivity contribution is 7.11. The predicted molar refractivity (Wildman–Crippen MR) is 68.0 cm³/mol. The molecule has 0 aromatic carbocycles. The zero-order valence-electron chi connectivity index (χ0n) is 9.96. The first-order chi connectivity index (χ1) is 7.81. The SMILES string of the molecule is CC1CCc2nc(CC3CCCN3)sc2C1. The Morgan fingerprint density at radius 2 is 2.38 bits per heavy atom. The summed E-state index contributed by atoms with van der Waals surface area (Å²) < 4.78 is 0. The second-order valence-electron chi connectivity index (χ2n) is 5.32. The monoisotopic (exact) mass is 236 g/mol. The van der Waals surface area contributed by atoms with Crippen LogP contribution in [0.4, 0.5) is 0 Å². The molecule has 16 heavy (non-hydrogen) atoms. The van der Waals surface area contributed by atoms with Crippen LogP contribution in [-0.2, 0) is 19.3 Å². The molecule has 1 aromatic rings. The zero-order valence-corrected chi connectivity index (χ0v) is 10.8. The molecule has 1 aliphatic carbocycles. The van der Waals surface area contributed by atoms with Gasteiger partial charge in [0.05, 0.1) is 10.7 Å². The summed E-state index contributed by atoms with van der Waals surface area (Å²) in [7, 11) is 0. The Morgan fingerprint density at radius 3 is 3.19 bits per heavy atom. The van der Waals surface area contributed by atoms with E-state index in [9.17, 15) is 0 Å². The maximum Gasteiger partial charge on any atom is 0.0946 e. The molecular formula is C13H20N2S. The normalized spacial score (nSPS) is 29.3. The number of hydrogen-bond donors (Lipinski definition) is 1. The van der Waals surface area contributed by atoms with Crippen LogP contribution in [0.2, 0.25) is 0 Å². The van der Waals surface area contributed by atoms with Crippen molar-refractivity contribution in [2.24, 2.45) is 5.92 Å². The predicted octanol–water partition coefficient (Wildman–Crippen LogP) is 2.56. The fourth-order valence-corrected chi connectivity index (χ4v) is 4.18. The van der Waals surface area contributed by atoms with Gasteiger partial charge in [0.1, 0.15) is 0 Å². The van der Waals surface area contributed by atoms with Gasteiger partial charge in [0.15, 0.2) is 0 Å². The highest BCUT2D eigenvalue weighted by atomic mass is 32.1. The molecule has 0 amide bonds. The summed E-state index contributed by atoms with van der Waals surface area (Å²) >= 11 is 1.97. The Balaban J connectivity index is 1.71. The lowest BCUT2D eigenvalue weighted by molar-refractivity contribution is 0.501. The minimum absolute atomic E-state index is 0.699. The van der Waals surface area contributed by atoms with Gasteiger partial charge in [0, 0.05) is 17.3 Å². The number of thiazole rings is 1. The zero-order chi connectivity index (χ0) is 11.0. The summed E-state index contributed by atoms with van der Waals surface area (Å²) in [6.45, 7) is 3.56. The van der Waals surface area contributed by atoms with E-state index in [1.165, 1.54) is 49.4 Å². The summed E-state index contributed by atoms with van der Waals surface area (Å²) in [4.78, 5) is 6.40. The molecule has 0 bridgehead atoms. The quantitative estimate of drug-likeness (QED) is 0.853. The van der Waals surface area contributed by atoms with Crippen molar-refractivity contribution < 1.29 is 0 Å². The molecule has 2 nitrogen and oxygen atoms in total. The summed E-state index contributed by atoms with van der Waals surface area (Å²) in [5.74, 6) is 0.866. The maximum absolute atomic E-state index is 4.83. The first kappa shape index (κ1) is 10.7. The van der Waals surface area contributed by atoms with Crippen LogP contribution >= 0.6 is 11.3 Å². The van der Waals surface area contributed by atoms with Crippen molar-refractivity contribution in [3.05, 3.63) is 15.6 Å². The molecule has 2 atom stereocenters. The lowest BCUT2D eigenvalue weighted by Gasteiger charge is -2.15. The van der Waals surface area contributed by atoms with Crippen molar-refractivity contribution in [3.8, 4) is 0 Å². The van der Waals surface area contributed by atoms with E-state index in [1.54, 1.807) is 4.88 Å². The average Bonchev–Trinajstić information content (AvgIpc) is 2.86. The van der Waals surface area contributed by atoms with E-state index < -0.39 is 0 Å². The maximum atomic E-state index is 4.83. The first-order valence-corrected chi connectivity index (χ1v) is 7.34. The summed E-state index contributed by atoms with van der Waals surface area (Å²) in [6.07, 6.45) is 7.65. The molecule has 1 saturated heterocycles. The van der Waals surface area contributed by atoms with Crippen LogP contribution in [0.3, 0.4) is 0 Å². The van der Waals surface area contributed by atoms with Crippen LogP contribution in [0.5, 0.6) is 0 Å². The second kappa shape index (κ2) is 4.46. The highest BCUT2D eigenvalue weighted by Crippen LogP contribution is 2.30. The minimum Gasteiger partial charge on any atom is -0.314 e. The van der Waals surface area contributed by atoms with Crippen molar-refractivity contribution >= 4 is 11.3 Å². The van der Waals surface area contributed by atoms with Crippen molar-refractivity contribution in [3.63, 3.8) is 0 Å². The molecule has 1 aliphatic heterocycles. The molecule has 3 rings (SSSR count). The van der Waals surface area contributed by atoms with Crippen LogP contribution < -0.4 is 5.32 Å². The smallest absolute Gasteiger partial charge is 0.0946 e. The topological polar surface area (TPSA) is 24.9 Å². The standard InChI is InChI=1S/C13H20N2S/c1-9-4-5-11-12(7-9)16-13(15-11)8-10-3-2-6-14-10/h9-10,14H,2-8H2,1H3. The van der Waals surface area contributed by atoms with E-state index in [0.29, 0.717) is 6.04 Å². The molecule has 1 fully saturated rings. The van der Waals surface area contributed by atoms with Gasteiger partial charge in [-0.25, -0.2) is 4.98 Å². The molecule has 2 aliphatic rings. The molecule has 0 radical (unpaired) electrons. The van der Waals surface area contributed by atoms with Crippen LogP contribution in [0.1, 0.15) is 41.8 Å². The third-order valence-electron chi connectivity index (χ3n) is 3.81. The Hall–Kier alpha value is -0.410. The molecular weight excluding hydrogens is 216 g/mol. The lowest BCUT2D eigenvalue weighted by Crippen LogP contribution is -2.23. The number of aromatic nitrogens is 1. The fraction of sp³-hybridized carbons (Fsp3) is 0.769. The molecule has 1 aromatic heterocycles. The van der Waals surface area contributed by atoms with Gasteiger partial charge in [-0.15, -0.1) is 11.3 Å². The van der Waals surface area contributed by atoms with E-state index >= 15 is 0 Å². The molecule has 2 heterocycles. The Labute approximate surface area is 101 Å². The van der Waals surface area contributed by atoms with E-state index in [2.05, 4.69) is 12.2 Å². The third-order valence-corrected chi connectivity index (χ3v) is 4.96. The molecule has 0 saturated carbocycles. The van der Waals surface area contributed by atoms with Crippen molar-refractivity contribution in [2.75, 3.05) is 6.54 Å². The lowest BCUT2D eigenvalue weighted by atomic mass is 9.93. The van der Waals surface area contributed by atoms with E-state index in [4.69, 9.17) is 4.98 Å². The van der Waals surface area contributed by atoms with E-state index in [0.717, 1.165) is 12.3 Å². The van der Waals surface area contributed by atoms with Gasteiger partial charge in [0.2, 0.25) is 0 Å². The highest BCUT2D eigenvalue weighted by Gasteiger charge is 2.22. The minimum atomic E-state index is 0.699. The second-order valence-corrected chi connectivity index (χ2v) is 6.49. The molecule has 3 heteroatoms. The van der Waals surface area contributed by atoms with Crippen LogP contribution in [0, 0.1) is 5.92 Å². The summed E-state index contributed by atoms with van der Waals surface area (Å²) in [5, 5.41) is 4.93. The van der Waals surface area contributed by atoms with Gasteiger partial charge in [-0.1, -0.05) is 6.92 Å². The number of nitrogens with zero attached hydrogens (tertiary/aromatic N) is 1. The molecule has 2 unspecified atom stereocenters. The Morgan fingerprint density at radius 1 is 1.44 bits per heavy atom. The number of aryl methyl sites for hydroxylation is 1. The Bertz CT molecular complexity index is 366. The van der Waals surface area contributed by atoms with Crippen LogP contribution in [0.15, 0.2) is 0 Å². The molecule has 0 spiro atoms. The van der Waals surface area contributed by atoms with Gasteiger partial charge < -0.3 is 5.32 Å². The van der Waals surface area contributed by atoms with Crippen molar-refractivity contribution in [2.45, 2.75) is 51.5 Å². The average molecular weight is 236 g/mol.